The van der Waals surface area contributed by atoms with Crippen molar-refractivity contribution in [3.05, 3.63) is 42.0 Å². The molecule has 0 atom stereocenters. The van der Waals surface area contributed by atoms with E-state index < -0.39 is 0 Å². The molecule has 2 heteroatoms. The van der Waals surface area contributed by atoms with Crippen LogP contribution in [0.15, 0.2) is 36.4 Å². The van der Waals surface area contributed by atoms with Crippen molar-refractivity contribution in [3.63, 3.8) is 0 Å². The number of carbonyl (C=O) groups is 1. The lowest BCUT2D eigenvalue weighted by molar-refractivity contribution is -0.134. The maximum Gasteiger partial charge on any atom is 0.311 e. The third-order valence-electron chi connectivity index (χ3n) is 7.27. The number of esters is 1. The largest absolute Gasteiger partial charge is 0.427 e. The molecule has 1 rings (SSSR count). The van der Waals surface area contributed by atoms with Crippen molar-refractivity contribution in [2.24, 2.45) is 5.92 Å². The number of ether oxygens (including phenoxy) is 1. The van der Waals surface area contributed by atoms with Crippen LogP contribution in [0, 0.1) is 5.92 Å². The molecule has 0 aliphatic rings. The highest BCUT2D eigenvalue weighted by Crippen LogP contribution is 2.21. The molecule has 0 N–H and O–H groups in total. The average Bonchev–Trinajstić information content (AvgIpc) is 2.87. The molecule has 1 aromatic rings. The van der Waals surface area contributed by atoms with E-state index in [-0.39, 0.29) is 5.97 Å². The second kappa shape index (κ2) is 23.8. The number of unbranched alkanes of at least 4 members (excludes halogenated alkanes) is 11. The molecular weight excluding hydrogens is 440 g/mol. The summed E-state index contributed by atoms with van der Waals surface area (Å²) in [5.41, 5.74) is 1.35. The molecule has 0 saturated heterocycles. The van der Waals surface area contributed by atoms with Crippen molar-refractivity contribution in [2.75, 3.05) is 0 Å². The average molecular weight is 499 g/mol. The third-order valence-corrected chi connectivity index (χ3v) is 7.27. The molecule has 0 bridgehead atoms. The summed E-state index contributed by atoms with van der Waals surface area (Å²) >= 11 is 0. The number of rotatable bonds is 24. The maximum atomic E-state index is 12.2. The molecule has 0 fully saturated rings. The molecule has 0 amide bonds. The minimum absolute atomic E-state index is 0.0950. The fourth-order valence-electron chi connectivity index (χ4n) is 5.09. The van der Waals surface area contributed by atoms with E-state index in [4.69, 9.17) is 4.74 Å². The van der Waals surface area contributed by atoms with Crippen molar-refractivity contribution in [1.29, 1.82) is 0 Å². The smallest absolute Gasteiger partial charge is 0.311 e. The summed E-state index contributed by atoms with van der Waals surface area (Å²) in [6.45, 7) is 6.86. The maximum absolute atomic E-state index is 12.2. The van der Waals surface area contributed by atoms with Gasteiger partial charge in [0.05, 0.1) is 0 Å². The second-order valence-corrected chi connectivity index (χ2v) is 10.8. The Labute approximate surface area is 224 Å². The Morgan fingerprint density at radius 2 is 1.22 bits per heavy atom. The van der Waals surface area contributed by atoms with Gasteiger partial charge in [-0.1, -0.05) is 129 Å². The van der Waals surface area contributed by atoms with Crippen LogP contribution in [-0.2, 0) is 11.2 Å². The number of allylic oxidation sites excluding steroid dienone is 2. The zero-order valence-electron chi connectivity index (χ0n) is 24.2. The SMILES string of the molecule is CCCCCCCCC=CCCCCCCCC(=O)Oc1ccc(CCCC(CCC)CCC)cc1. The van der Waals surface area contributed by atoms with Gasteiger partial charge in [0, 0.05) is 6.42 Å². The quantitative estimate of drug-likeness (QED) is 0.0613. The van der Waals surface area contributed by atoms with Crippen LogP contribution in [-0.4, -0.2) is 5.97 Å². The molecule has 0 heterocycles. The standard InChI is InChI=1S/C34H58O2/c1-4-7-8-9-10-11-12-13-14-15-16-17-18-19-20-26-34(35)36-33-29-27-32(28-30-33)25-21-24-31(22-5-2)23-6-3/h13-14,27-31H,4-12,15-26H2,1-3H3. The van der Waals surface area contributed by atoms with Gasteiger partial charge in [0.1, 0.15) is 5.75 Å². The van der Waals surface area contributed by atoms with Crippen molar-refractivity contribution in [2.45, 2.75) is 156 Å². The minimum atomic E-state index is -0.0950. The molecule has 0 aliphatic heterocycles. The Balaban J connectivity index is 2.02. The fraction of sp³-hybridized carbons (Fsp3) is 0.735. The van der Waals surface area contributed by atoms with Gasteiger partial charge in [-0.25, -0.2) is 0 Å². The van der Waals surface area contributed by atoms with Crippen LogP contribution in [0.3, 0.4) is 0 Å². The summed E-state index contributed by atoms with van der Waals surface area (Å²) in [6.07, 6.45) is 30.8. The summed E-state index contributed by atoms with van der Waals surface area (Å²) in [7, 11) is 0. The lowest BCUT2D eigenvalue weighted by Crippen LogP contribution is -2.07. The van der Waals surface area contributed by atoms with Crippen LogP contribution in [0.5, 0.6) is 5.75 Å². The minimum Gasteiger partial charge on any atom is -0.427 e. The number of aryl methyl sites for hydroxylation is 1. The van der Waals surface area contributed by atoms with E-state index in [1.165, 1.54) is 115 Å². The molecule has 0 radical (unpaired) electrons. The van der Waals surface area contributed by atoms with E-state index in [1.807, 2.05) is 12.1 Å². The van der Waals surface area contributed by atoms with Gasteiger partial charge in [0.2, 0.25) is 0 Å². The van der Waals surface area contributed by atoms with Gasteiger partial charge < -0.3 is 4.74 Å². The molecule has 0 aliphatic carbocycles. The van der Waals surface area contributed by atoms with Gasteiger partial charge >= 0.3 is 5.97 Å². The molecule has 0 unspecified atom stereocenters. The molecule has 0 saturated carbocycles. The van der Waals surface area contributed by atoms with E-state index in [0.717, 1.165) is 25.2 Å². The fourth-order valence-corrected chi connectivity index (χ4v) is 5.09. The van der Waals surface area contributed by atoms with Gasteiger partial charge in [-0.3, -0.25) is 4.79 Å². The predicted molar refractivity (Wildman–Crippen MR) is 158 cm³/mol. The van der Waals surface area contributed by atoms with Crippen molar-refractivity contribution >= 4 is 5.97 Å². The third kappa shape index (κ3) is 18.7. The Morgan fingerprint density at radius 1 is 0.667 bits per heavy atom. The molecule has 0 aromatic heterocycles. The number of benzene rings is 1. The Hall–Kier alpha value is -1.57. The highest BCUT2D eigenvalue weighted by molar-refractivity contribution is 5.72. The van der Waals surface area contributed by atoms with Gasteiger partial charge in [-0.2, -0.15) is 0 Å². The van der Waals surface area contributed by atoms with E-state index >= 15 is 0 Å². The highest BCUT2D eigenvalue weighted by atomic mass is 16.5. The number of hydrogen-bond acceptors (Lipinski definition) is 2. The number of hydrogen-bond donors (Lipinski definition) is 0. The van der Waals surface area contributed by atoms with Crippen LogP contribution in [0.4, 0.5) is 0 Å². The Bertz CT molecular complexity index is 640. The van der Waals surface area contributed by atoms with Crippen molar-refractivity contribution < 1.29 is 9.53 Å². The summed E-state index contributed by atoms with van der Waals surface area (Å²) in [4.78, 5) is 12.2. The predicted octanol–water partition coefficient (Wildman–Crippen LogP) is 11.2. The first-order valence-corrected chi connectivity index (χ1v) is 15.6. The van der Waals surface area contributed by atoms with Crippen LogP contribution < -0.4 is 4.74 Å². The van der Waals surface area contributed by atoms with Crippen LogP contribution >= 0.6 is 0 Å². The van der Waals surface area contributed by atoms with Crippen LogP contribution in [0.25, 0.3) is 0 Å². The first kappa shape index (κ1) is 32.5. The highest BCUT2D eigenvalue weighted by Gasteiger charge is 2.08. The number of carbonyl (C=O) groups excluding carboxylic acids is 1. The second-order valence-electron chi connectivity index (χ2n) is 10.8. The van der Waals surface area contributed by atoms with Crippen LogP contribution in [0.1, 0.15) is 155 Å². The molecular formula is C34H58O2. The van der Waals surface area contributed by atoms with E-state index in [1.54, 1.807) is 0 Å². The molecule has 36 heavy (non-hydrogen) atoms. The van der Waals surface area contributed by atoms with Gasteiger partial charge in [-0.05, 0) is 68.6 Å². The van der Waals surface area contributed by atoms with E-state index in [2.05, 4.69) is 45.1 Å². The topological polar surface area (TPSA) is 26.3 Å². The lowest BCUT2D eigenvalue weighted by Gasteiger charge is -2.14. The molecule has 0 spiro atoms. The summed E-state index contributed by atoms with van der Waals surface area (Å²) in [5.74, 6) is 1.48. The first-order chi connectivity index (χ1) is 17.7. The van der Waals surface area contributed by atoms with Gasteiger partial charge in [-0.15, -0.1) is 0 Å². The van der Waals surface area contributed by atoms with Gasteiger partial charge in [0.25, 0.3) is 0 Å². The summed E-state index contributed by atoms with van der Waals surface area (Å²) in [6, 6.07) is 8.17. The van der Waals surface area contributed by atoms with Crippen LogP contribution in [0.2, 0.25) is 0 Å². The Morgan fingerprint density at radius 3 is 1.81 bits per heavy atom. The normalized spacial score (nSPS) is 11.6. The Kier molecular flexibility index (Phi) is 21.5. The van der Waals surface area contributed by atoms with E-state index in [0.29, 0.717) is 12.2 Å². The van der Waals surface area contributed by atoms with Crippen molar-refractivity contribution in [3.8, 4) is 5.75 Å². The molecule has 1 aromatic carbocycles. The van der Waals surface area contributed by atoms with E-state index in [9.17, 15) is 4.79 Å². The first-order valence-electron chi connectivity index (χ1n) is 15.6. The van der Waals surface area contributed by atoms with Gasteiger partial charge in [0.15, 0.2) is 0 Å². The zero-order chi connectivity index (χ0) is 26.1. The van der Waals surface area contributed by atoms with Crippen molar-refractivity contribution in [1.82, 2.24) is 0 Å². The monoisotopic (exact) mass is 498 g/mol. The summed E-state index contributed by atoms with van der Waals surface area (Å²) in [5, 5.41) is 0. The lowest BCUT2D eigenvalue weighted by atomic mass is 9.92. The summed E-state index contributed by atoms with van der Waals surface area (Å²) < 4.78 is 5.55. The zero-order valence-corrected chi connectivity index (χ0v) is 24.2. The molecule has 2 nitrogen and oxygen atoms in total. The molecule has 206 valence electrons.